The average Bonchev–Trinajstić information content (AvgIpc) is 3.10. The van der Waals surface area contributed by atoms with E-state index in [0.717, 1.165) is 51.4 Å². The van der Waals surface area contributed by atoms with Crippen LogP contribution in [0.3, 0.4) is 0 Å². The number of phosphoric ester groups is 1. The van der Waals surface area contributed by atoms with Gasteiger partial charge in [0.25, 0.3) is 0 Å². The van der Waals surface area contributed by atoms with Crippen LogP contribution in [0.1, 0.15) is 174 Å². The highest BCUT2D eigenvalue weighted by Crippen LogP contribution is 2.43. The lowest BCUT2D eigenvalue weighted by molar-refractivity contribution is -0.153. The summed E-state index contributed by atoms with van der Waals surface area (Å²) in [7, 11) is -4.33. The summed E-state index contributed by atoms with van der Waals surface area (Å²) in [6.07, 6.45) is 31.6. The number of rotatable bonds is 38. The van der Waals surface area contributed by atoms with Gasteiger partial charge in [0.2, 0.25) is 0 Å². The smallest absolute Gasteiger partial charge is 0.472 e. The minimum Gasteiger partial charge on any atom is -0.498 e. The van der Waals surface area contributed by atoms with E-state index in [1.54, 1.807) is 6.26 Å². The van der Waals surface area contributed by atoms with Gasteiger partial charge >= 0.3 is 13.8 Å². The summed E-state index contributed by atoms with van der Waals surface area (Å²) in [5, 5.41) is 20.4. The van der Waals surface area contributed by atoms with E-state index in [9.17, 15) is 24.5 Å². The molecular weight excluding hydrogens is 657 g/mol. The summed E-state index contributed by atoms with van der Waals surface area (Å²) in [6.45, 7) is 4.00. The highest BCUT2D eigenvalue weighted by molar-refractivity contribution is 7.47. The van der Waals surface area contributed by atoms with Crippen LogP contribution in [0, 0.1) is 0 Å². The molecule has 0 saturated carbocycles. The van der Waals surface area contributed by atoms with E-state index in [1.165, 1.54) is 83.5 Å². The first kappa shape index (κ1) is 48.7. The van der Waals surface area contributed by atoms with Gasteiger partial charge in [-0.25, -0.2) is 4.57 Å². The monoisotopic (exact) mass is 734 g/mol. The van der Waals surface area contributed by atoms with Gasteiger partial charge in [0.15, 0.2) is 6.10 Å². The van der Waals surface area contributed by atoms with Crippen LogP contribution in [0.5, 0.6) is 0 Å². The van der Waals surface area contributed by atoms with Gasteiger partial charge in [0, 0.05) is 13.0 Å². The van der Waals surface area contributed by atoms with Crippen molar-refractivity contribution in [1.82, 2.24) is 0 Å². The van der Waals surface area contributed by atoms with E-state index in [4.69, 9.17) is 24.3 Å². The molecule has 0 aromatic rings. The molecule has 0 bridgehead atoms. The number of allylic oxidation sites excluding steroid dienone is 2. The van der Waals surface area contributed by atoms with Crippen molar-refractivity contribution in [3.8, 4) is 0 Å². The van der Waals surface area contributed by atoms with E-state index in [2.05, 4.69) is 19.9 Å². The first-order valence-electron chi connectivity index (χ1n) is 20.0. The van der Waals surface area contributed by atoms with Crippen molar-refractivity contribution in [2.45, 2.75) is 193 Å². The summed E-state index contributed by atoms with van der Waals surface area (Å²) >= 11 is 0. The number of phosphoric acid groups is 1. The summed E-state index contributed by atoms with van der Waals surface area (Å²) in [4.78, 5) is 22.4. The lowest BCUT2D eigenvalue weighted by atomic mass is 10.0. The normalized spacial score (nSPS) is 15.0. The molecule has 10 nitrogen and oxygen atoms in total. The highest BCUT2D eigenvalue weighted by atomic mass is 31.2. The summed E-state index contributed by atoms with van der Waals surface area (Å²) < 4.78 is 33.0. The molecule has 0 saturated heterocycles. The number of carbonyl (C=O) groups excluding carboxylic acids is 1. The molecule has 0 aliphatic rings. The maximum Gasteiger partial charge on any atom is 0.472 e. The lowest BCUT2D eigenvalue weighted by Gasteiger charge is -2.19. The molecule has 0 spiro atoms. The molecule has 0 aliphatic carbocycles. The van der Waals surface area contributed by atoms with Crippen LogP contribution in [-0.2, 0) is 27.9 Å². The second-order valence-electron chi connectivity index (χ2n) is 13.5. The van der Waals surface area contributed by atoms with Gasteiger partial charge in [0.05, 0.1) is 31.7 Å². The third-order valence-corrected chi connectivity index (χ3v) is 9.62. The molecule has 0 radical (unpaired) electrons. The third-order valence-electron chi connectivity index (χ3n) is 8.64. The van der Waals surface area contributed by atoms with Crippen molar-refractivity contribution in [1.29, 1.82) is 0 Å². The summed E-state index contributed by atoms with van der Waals surface area (Å²) in [5.74, 6) is -0.431. The standard InChI is InChI=1S/C39H76NO9P/c1-3-5-7-9-11-12-13-14-15-16-17-18-23-27-32-46-34-36(35-48-50(44,45)47-33-31-40)49-39(43)30-26-22-19-21-25-29-38(42)37(41)28-24-20-10-8-6-4-2/h20,24,27,32,36-38,41-42H,3-19,21-23,25-26,28-31,33-35,40H2,1-2H3,(H,44,45)/b24-20-,32-27+/t36-,37+,38+/m1/s1. The molecule has 296 valence electrons. The fraction of sp³-hybridized carbons (Fsp3) is 0.872. The Balaban J connectivity index is 4.25. The van der Waals surface area contributed by atoms with Gasteiger partial charge < -0.3 is 30.3 Å². The molecule has 0 aliphatic heterocycles. The van der Waals surface area contributed by atoms with E-state index in [0.29, 0.717) is 19.3 Å². The largest absolute Gasteiger partial charge is 0.498 e. The van der Waals surface area contributed by atoms with Crippen molar-refractivity contribution in [2.24, 2.45) is 5.73 Å². The molecule has 0 amide bonds. The Morgan fingerprint density at radius 3 is 1.86 bits per heavy atom. The van der Waals surface area contributed by atoms with Crippen LogP contribution >= 0.6 is 7.82 Å². The molecule has 11 heteroatoms. The maximum absolute atomic E-state index is 12.5. The molecular formula is C39H76NO9P. The number of carbonyl (C=O) groups is 1. The van der Waals surface area contributed by atoms with Crippen LogP contribution in [0.4, 0.5) is 0 Å². The first-order chi connectivity index (χ1) is 24.3. The van der Waals surface area contributed by atoms with Crippen molar-refractivity contribution in [3.05, 3.63) is 24.5 Å². The Bertz CT molecular complexity index is 857. The van der Waals surface area contributed by atoms with Crippen LogP contribution in [-0.4, -0.2) is 65.8 Å². The van der Waals surface area contributed by atoms with Crippen LogP contribution < -0.4 is 5.73 Å². The molecule has 0 rings (SSSR count). The second kappa shape index (κ2) is 36.1. The predicted molar refractivity (Wildman–Crippen MR) is 204 cm³/mol. The van der Waals surface area contributed by atoms with Gasteiger partial charge in [-0.1, -0.05) is 135 Å². The number of aliphatic hydroxyl groups excluding tert-OH is 2. The molecule has 50 heavy (non-hydrogen) atoms. The fourth-order valence-electron chi connectivity index (χ4n) is 5.51. The lowest BCUT2D eigenvalue weighted by Crippen LogP contribution is -2.27. The minimum absolute atomic E-state index is 0.0135. The van der Waals surface area contributed by atoms with E-state index >= 15 is 0 Å². The molecule has 0 aromatic carbocycles. The Morgan fingerprint density at radius 1 is 0.680 bits per heavy atom. The van der Waals surface area contributed by atoms with Crippen LogP contribution in [0.2, 0.25) is 0 Å². The van der Waals surface area contributed by atoms with E-state index in [-0.39, 0.29) is 32.8 Å². The van der Waals surface area contributed by atoms with Gasteiger partial charge in [-0.15, -0.1) is 0 Å². The number of hydrogen-bond donors (Lipinski definition) is 4. The SMILES string of the molecule is CCCCC/C=C\C[C@H](O)[C@@H](O)CCCCCCCC(=O)O[C@H](CO/C=C/CCCCCCCCCCCCCC)COP(=O)(O)OCCN. The minimum atomic E-state index is -4.33. The molecule has 5 N–H and O–H groups in total. The number of ether oxygens (including phenoxy) is 2. The second-order valence-corrected chi connectivity index (χ2v) is 15.0. The predicted octanol–water partition coefficient (Wildman–Crippen LogP) is 9.59. The van der Waals surface area contributed by atoms with Gasteiger partial charge in [-0.3, -0.25) is 13.8 Å². The number of aliphatic hydroxyl groups is 2. The Kier molecular flexibility index (Phi) is 35.2. The number of hydrogen-bond acceptors (Lipinski definition) is 9. The van der Waals surface area contributed by atoms with Crippen molar-refractivity contribution in [2.75, 3.05) is 26.4 Å². The summed E-state index contributed by atoms with van der Waals surface area (Å²) in [6, 6.07) is 0. The van der Waals surface area contributed by atoms with Crippen molar-refractivity contribution in [3.63, 3.8) is 0 Å². The molecule has 0 heterocycles. The number of nitrogens with two attached hydrogens (primary N) is 1. The number of esters is 1. The van der Waals surface area contributed by atoms with Crippen LogP contribution in [0.25, 0.3) is 0 Å². The Hall–Kier alpha value is -1.26. The quantitative estimate of drug-likeness (QED) is 0.0158. The molecule has 4 atom stereocenters. The zero-order chi connectivity index (χ0) is 37.0. The maximum atomic E-state index is 12.5. The highest BCUT2D eigenvalue weighted by Gasteiger charge is 2.25. The Labute approximate surface area is 305 Å². The summed E-state index contributed by atoms with van der Waals surface area (Å²) in [5.41, 5.74) is 5.34. The van der Waals surface area contributed by atoms with Crippen molar-refractivity contribution >= 4 is 13.8 Å². The first-order valence-corrected chi connectivity index (χ1v) is 21.5. The van der Waals surface area contributed by atoms with Gasteiger partial charge in [-0.2, -0.15) is 0 Å². The molecule has 0 aromatic heterocycles. The van der Waals surface area contributed by atoms with E-state index in [1.807, 2.05) is 12.2 Å². The Morgan fingerprint density at radius 2 is 1.22 bits per heavy atom. The van der Waals surface area contributed by atoms with Crippen molar-refractivity contribution < 1.29 is 43.0 Å². The van der Waals surface area contributed by atoms with E-state index < -0.39 is 32.1 Å². The van der Waals surface area contributed by atoms with Crippen LogP contribution in [0.15, 0.2) is 24.5 Å². The topological polar surface area (TPSA) is 158 Å². The van der Waals surface area contributed by atoms with Gasteiger partial charge in [-0.05, 0) is 51.0 Å². The third kappa shape index (κ3) is 33.9. The molecule has 1 unspecified atom stereocenters. The zero-order valence-electron chi connectivity index (χ0n) is 31.9. The molecule has 0 fully saturated rings. The fourth-order valence-corrected chi connectivity index (χ4v) is 6.28. The average molecular weight is 734 g/mol. The zero-order valence-corrected chi connectivity index (χ0v) is 32.8. The number of unbranched alkanes of at least 4 members (excludes halogenated alkanes) is 19. The van der Waals surface area contributed by atoms with Gasteiger partial charge in [0.1, 0.15) is 6.61 Å².